The van der Waals surface area contributed by atoms with Crippen LogP contribution in [0.15, 0.2) is 60.7 Å². The Bertz CT molecular complexity index is 869. The monoisotopic (exact) mass is 342 g/mol. The van der Waals surface area contributed by atoms with E-state index < -0.39 is 0 Å². The van der Waals surface area contributed by atoms with Crippen LogP contribution in [0, 0.1) is 11.8 Å². The van der Waals surface area contributed by atoms with E-state index in [1.165, 1.54) is 24.2 Å². The van der Waals surface area contributed by atoms with Gasteiger partial charge >= 0.3 is 0 Å². The molecule has 26 heavy (non-hydrogen) atoms. The number of hydrogen-bond acceptors (Lipinski definition) is 2. The average Bonchev–Trinajstić information content (AvgIpc) is 2.68. The number of hydrogen-bond donors (Lipinski definition) is 0. The summed E-state index contributed by atoms with van der Waals surface area (Å²) in [6.45, 7) is 4.63. The summed E-state index contributed by atoms with van der Waals surface area (Å²) in [6, 6.07) is 20.9. The third kappa shape index (κ3) is 3.55. The largest absolute Gasteiger partial charge is 0.249 e. The minimum Gasteiger partial charge on any atom is -0.249 e. The van der Waals surface area contributed by atoms with Crippen LogP contribution in [-0.2, 0) is 12.8 Å². The summed E-state index contributed by atoms with van der Waals surface area (Å²) in [5.74, 6) is 1.48. The van der Waals surface area contributed by atoms with Crippen molar-refractivity contribution in [3.63, 3.8) is 0 Å². The first-order valence-corrected chi connectivity index (χ1v) is 9.71. The molecule has 1 heterocycles. The summed E-state index contributed by atoms with van der Waals surface area (Å²) >= 11 is 0. The topological polar surface area (TPSA) is 25.8 Å². The first kappa shape index (κ1) is 17.0. The zero-order valence-electron chi connectivity index (χ0n) is 15.7. The molecule has 1 aromatic heterocycles. The second kappa shape index (κ2) is 7.41. The molecule has 0 radical (unpaired) electrons. The number of aromatic nitrogens is 2. The summed E-state index contributed by atoms with van der Waals surface area (Å²) in [5.41, 5.74) is 6.72. The number of benzene rings is 2. The lowest BCUT2D eigenvalue weighted by Crippen LogP contribution is -2.19. The van der Waals surface area contributed by atoms with Crippen LogP contribution in [0.5, 0.6) is 0 Å². The minimum atomic E-state index is 0.739. The molecule has 2 heteroatoms. The van der Waals surface area contributed by atoms with E-state index in [4.69, 9.17) is 9.97 Å². The van der Waals surface area contributed by atoms with Crippen molar-refractivity contribution in [2.24, 2.45) is 11.8 Å². The van der Waals surface area contributed by atoms with Crippen molar-refractivity contribution in [2.45, 2.75) is 39.5 Å². The van der Waals surface area contributed by atoms with Crippen molar-refractivity contribution in [2.75, 3.05) is 0 Å². The molecule has 0 aliphatic heterocycles. The summed E-state index contributed by atoms with van der Waals surface area (Å²) in [5, 5.41) is 0. The fourth-order valence-corrected chi connectivity index (χ4v) is 4.05. The SMILES string of the molecule is CC(C)CC1CCc2nc(-c3ccccc3)c(-c3ccccc3)nc2C1. The Morgan fingerprint density at radius 2 is 1.35 bits per heavy atom. The van der Waals surface area contributed by atoms with E-state index in [9.17, 15) is 0 Å². The molecule has 2 nitrogen and oxygen atoms in total. The summed E-state index contributed by atoms with van der Waals surface area (Å²) < 4.78 is 0. The van der Waals surface area contributed by atoms with E-state index in [1.54, 1.807) is 0 Å². The maximum absolute atomic E-state index is 5.15. The van der Waals surface area contributed by atoms with Crippen molar-refractivity contribution in [1.29, 1.82) is 0 Å². The number of rotatable bonds is 4. The van der Waals surface area contributed by atoms with E-state index in [2.05, 4.69) is 68.4 Å². The molecule has 0 fully saturated rings. The Hall–Kier alpha value is -2.48. The van der Waals surface area contributed by atoms with Crippen LogP contribution in [-0.4, -0.2) is 9.97 Å². The molecule has 0 bridgehead atoms. The summed E-state index contributed by atoms with van der Waals surface area (Å²) in [4.78, 5) is 10.3. The van der Waals surface area contributed by atoms with E-state index in [-0.39, 0.29) is 0 Å². The van der Waals surface area contributed by atoms with Gasteiger partial charge in [0.15, 0.2) is 0 Å². The van der Waals surface area contributed by atoms with Gasteiger partial charge in [-0.25, -0.2) is 9.97 Å². The van der Waals surface area contributed by atoms with Crippen LogP contribution in [0.1, 0.15) is 38.1 Å². The fourth-order valence-electron chi connectivity index (χ4n) is 4.05. The molecular formula is C24H26N2. The molecule has 0 saturated carbocycles. The Morgan fingerprint density at radius 1 is 0.808 bits per heavy atom. The number of aryl methyl sites for hydroxylation is 1. The molecule has 0 spiro atoms. The molecule has 3 aromatic rings. The molecule has 132 valence electrons. The molecule has 0 N–H and O–H groups in total. The zero-order valence-corrected chi connectivity index (χ0v) is 15.7. The van der Waals surface area contributed by atoms with Crippen LogP contribution < -0.4 is 0 Å². The quantitative estimate of drug-likeness (QED) is 0.584. The van der Waals surface area contributed by atoms with Gasteiger partial charge in [-0.15, -0.1) is 0 Å². The van der Waals surface area contributed by atoms with E-state index in [0.717, 1.165) is 47.2 Å². The van der Waals surface area contributed by atoms with Crippen LogP contribution in [0.4, 0.5) is 0 Å². The Balaban J connectivity index is 1.80. The summed E-state index contributed by atoms with van der Waals surface area (Å²) in [6.07, 6.45) is 4.63. The highest BCUT2D eigenvalue weighted by Crippen LogP contribution is 2.34. The standard InChI is InChI=1S/C24H26N2/c1-17(2)15-18-13-14-21-22(16-18)26-24(20-11-7-4-8-12-20)23(25-21)19-9-5-3-6-10-19/h3-12,17-18H,13-16H2,1-2H3. The van der Waals surface area contributed by atoms with Gasteiger partial charge in [0.05, 0.1) is 22.8 Å². The van der Waals surface area contributed by atoms with Gasteiger partial charge in [0, 0.05) is 11.1 Å². The van der Waals surface area contributed by atoms with Gasteiger partial charge in [0.1, 0.15) is 0 Å². The molecule has 0 amide bonds. The summed E-state index contributed by atoms with van der Waals surface area (Å²) in [7, 11) is 0. The Labute approximate surface area is 156 Å². The van der Waals surface area contributed by atoms with Crippen LogP contribution in [0.25, 0.3) is 22.5 Å². The van der Waals surface area contributed by atoms with Gasteiger partial charge in [-0.3, -0.25) is 0 Å². The molecule has 1 aliphatic carbocycles. The smallest absolute Gasteiger partial charge is 0.0968 e. The lowest BCUT2D eigenvalue weighted by Gasteiger charge is -2.26. The zero-order chi connectivity index (χ0) is 17.9. The maximum atomic E-state index is 5.15. The van der Waals surface area contributed by atoms with Crippen molar-refractivity contribution >= 4 is 0 Å². The van der Waals surface area contributed by atoms with Crippen molar-refractivity contribution in [3.05, 3.63) is 72.1 Å². The average molecular weight is 342 g/mol. The van der Waals surface area contributed by atoms with Gasteiger partial charge < -0.3 is 0 Å². The van der Waals surface area contributed by atoms with E-state index >= 15 is 0 Å². The van der Waals surface area contributed by atoms with Gasteiger partial charge in [-0.2, -0.15) is 0 Å². The number of nitrogens with zero attached hydrogens (tertiary/aromatic N) is 2. The van der Waals surface area contributed by atoms with Crippen molar-refractivity contribution in [3.8, 4) is 22.5 Å². The maximum Gasteiger partial charge on any atom is 0.0968 e. The van der Waals surface area contributed by atoms with Crippen LogP contribution in [0.2, 0.25) is 0 Å². The fraction of sp³-hybridized carbons (Fsp3) is 0.333. The van der Waals surface area contributed by atoms with Gasteiger partial charge in [-0.05, 0) is 37.5 Å². The van der Waals surface area contributed by atoms with Gasteiger partial charge in [-0.1, -0.05) is 74.5 Å². The second-order valence-electron chi connectivity index (χ2n) is 7.78. The second-order valence-corrected chi connectivity index (χ2v) is 7.78. The molecule has 4 rings (SSSR count). The molecule has 1 aliphatic rings. The van der Waals surface area contributed by atoms with Crippen LogP contribution >= 0.6 is 0 Å². The van der Waals surface area contributed by atoms with Gasteiger partial charge in [0.25, 0.3) is 0 Å². The minimum absolute atomic E-state index is 0.739. The third-order valence-corrected chi connectivity index (χ3v) is 5.22. The highest BCUT2D eigenvalue weighted by Gasteiger charge is 2.24. The highest BCUT2D eigenvalue weighted by atomic mass is 14.9. The third-order valence-electron chi connectivity index (χ3n) is 5.22. The lowest BCUT2D eigenvalue weighted by molar-refractivity contribution is 0.363. The lowest BCUT2D eigenvalue weighted by atomic mass is 9.83. The molecule has 0 saturated heterocycles. The van der Waals surface area contributed by atoms with E-state index in [1.807, 2.05) is 6.07 Å². The normalized spacial score (nSPS) is 16.5. The predicted molar refractivity (Wildman–Crippen MR) is 108 cm³/mol. The highest BCUT2D eigenvalue weighted by molar-refractivity contribution is 5.78. The molecule has 2 aromatic carbocycles. The first-order chi connectivity index (χ1) is 12.7. The Morgan fingerprint density at radius 3 is 1.88 bits per heavy atom. The van der Waals surface area contributed by atoms with E-state index in [0.29, 0.717) is 0 Å². The molecule has 1 atom stereocenters. The van der Waals surface area contributed by atoms with Crippen LogP contribution in [0.3, 0.4) is 0 Å². The first-order valence-electron chi connectivity index (χ1n) is 9.71. The molecule has 1 unspecified atom stereocenters. The number of fused-ring (bicyclic) bond motifs is 1. The molecular weight excluding hydrogens is 316 g/mol. The van der Waals surface area contributed by atoms with Crippen molar-refractivity contribution in [1.82, 2.24) is 9.97 Å². The van der Waals surface area contributed by atoms with Gasteiger partial charge in [0.2, 0.25) is 0 Å². The Kier molecular flexibility index (Phi) is 4.83. The predicted octanol–water partition coefficient (Wildman–Crippen LogP) is 5.96. The van der Waals surface area contributed by atoms with Crippen molar-refractivity contribution < 1.29 is 0 Å².